The van der Waals surface area contributed by atoms with E-state index in [1.54, 1.807) is 13.8 Å². The minimum absolute atomic E-state index is 0.0290. The van der Waals surface area contributed by atoms with E-state index in [1.165, 1.54) is 24.3 Å². The first-order chi connectivity index (χ1) is 16.3. The summed E-state index contributed by atoms with van der Waals surface area (Å²) >= 11 is 6.15. The second-order valence-corrected chi connectivity index (χ2v) is 9.47. The second-order valence-electron chi connectivity index (χ2n) is 9.09. The third kappa shape index (κ3) is 5.12. The number of aryl methyl sites for hydroxylation is 2. The molecule has 6 nitrogen and oxygen atoms in total. The first kappa shape index (κ1) is 25.3. The van der Waals surface area contributed by atoms with Gasteiger partial charge in [0.15, 0.2) is 5.58 Å². The van der Waals surface area contributed by atoms with Gasteiger partial charge in [0.1, 0.15) is 43.3 Å². The molecule has 0 unspecified atom stereocenters. The number of hydrogen-bond acceptors (Lipinski definition) is 5. The lowest BCUT2D eigenvalue weighted by Crippen LogP contribution is -3.14. The molecule has 188 valence electrons. The molecular formula is C25H26ClF3NO5+. The Labute approximate surface area is 204 Å². The van der Waals surface area contributed by atoms with Crippen molar-refractivity contribution in [3.8, 4) is 17.2 Å². The number of fused-ring (bicyclic) bond motifs is 1. The number of phenolic OH excluding ortho intramolecular Hbond substituents is 1. The monoisotopic (exact) mass is 512 g/mol. The van der Waals surface area contributed by atoms with E-state index in [2.05, 4.69) is 0 Å². The molecule has 2 aromatic carbocycles. The summed E-state index contributed by atoms with van der Waals surface area (Å²) in [6.45, 7) is 8.52. The molecule has 0 saturated carbocycles. The number of quaternary nitrogens is 1. The highest BCUT2D eigenvalue weighted by molar-refractivity contribution is 6.32. The maximum Gasteiger partial charge on any atom is 0.453 e. The first-order valence-electron chi connectivity index (χ1n) is 11.2. The lowest BCUT2D eigenvalue weighted by atomic mass is 10.1. The largest absolute Gasteiger partial charge is 0.507 e. The molecule has 0 aliphatic carbocycles. The van der Waals surface area contributed by atoms with Crippen molar-refractivity contribution >= 4 is 22.6 Å². The summed E-state index contributed by atoms with van der Waals surface area (Å²) in [5, 5.41) is 10.9. The smallest absolute Gasteiger partial charge is 0.453 e. The Morgan fingerprint density at radius 1 is 1.14 bits per heavy atom. The van der Waals surface area contributed by atoms with E-state index in [4.69, 9.17) is 25.5 Å². The molecule has 10 heteroatoms. The number of rotatable bonds is 4. The zero-order chi connectivity index (χ0) is 25.7. The molecule has 1 saturated heterocycles. The van der Waals surface area contributed by atoms with Crippen LogP contribution in [-0.2, 0) is 17.5 Å². The van der Waals surface area contributed by atoms with Crippen molar-refractivity contribution in [1.29, 1.82) is 0 Å². The molecule has 3 aromatic rings. The van der Waals surface area contributed by atoms with Gasteiger partial charge in [-0.15, -0.1) is 0 Å². The predicted octanol–water partition coefficient (Wildman–Crippen LogP) is 4.77. The summed E-state index contributed by atoms with van der Waals surface area (Å²) in [5.74, 6) is -2.75. The molecule has 1 aromatic heterocycles. The number of alkyl halides is 3. The summed E-state index contributed by atoms with van der Waals surface area (Å²) in [7, 11) is 0. The molecule has 0 spiro atoms. The maximum absolute atomic E-state index is 14.1. The molecule has 35 heavy (non-hydrogen) atoms. The van der Waals surface area contributed by atoms with Gasteiger partial charge in [0.2, 0.25) is 11.2 Å². The van der Waals surface area contributed by atoms with Gasteiger partial charge >= 0.3 is 6.18 Å². The highest BCUT2D eigenvalue weighted by atomic mass is 35.5. The Hall–Kier alpha value is -2.75. The molecule has 2 heterocycles. The van der Waals surface area contributed by atoms with Crippen LogP contribution in [0.3, 0.4) is 0 Å². The van der Waals surface area contributed by atoms with E-state index in [0.717, 1.165) is 4.90 Å². The molecule has 1 fully saturated rings. The van der Waals surface area contributed by atoms with Gasteiger partial charge in [-0.2, -0.15) is 13.2 Å². The van der Waals surface area contributed by atoms with Crippen LogP contribution in [0.2, 0.25) is 5.02 Å². The fourth-order valence-electron chi connectivity index (χ4n) is 4.60. The lowest BCUT2D eigenvalue weighted by Gasteiger charge is -2.32. The third-order valence-electron chi connectivity index (χ3n) is 6.03. The van der Waals surface area contributed by atoms with E-state index in [-0.39, 0.29) is 46.8 Å². The second kappa shape index (κ2) is 9.37. The van der Waals surface area contributed by atoms with Gasteiger partial charge in [0.25, 0.3) is 5.76 Å². The van der Waals surface area contributed by atoms with Crippen LogP contribution < -0.4 is 15.1 Å². The zero-order valence-corrected chi connectivity index (χ0v) is 20.4. The number of benzene rings is 2. The van der Waals surface area contributed by atoms with Crippen LogP contribution in [0.5, 0.6) is 17.2 Å². The van der Waals surface area contributed by atoms with Crippen molar-refractivity contribution in [3.63, 3.8) is 0 Å². The Kier molecular flexibility index (Phi) is 6.78. The van der Waals surface area contributed by atoms with Crippen LogP contribution in [0.15, 0.2) is 33.5 Å². The van der Waals surface area contributed by atoms with E-state index >= 15 is 0 Å². The minimum Gasteiger partial charge on any atom is -0.507 e. The normalized spacial score (nSPS) is 20.9. The van der Waals surface area contributed by atoms with Gasteiger partial charge in [0.05, 0.1) is 10.9 Å². The van der Waals surface area contributed by atoms with E-state index < -0.39 is 23.1 Å². The van der Waals surface area contributed by atoms with Crippen LogP contribution in [0, 0.1) is 13.8 Å². The van der Waals surface area contributed by atoms with Gasteiger partial charge in [-0.25, -0.2) is 0 Å². The van der Waals surface area contributed by atoms with Crippen LogP contribution in [0.25, 0.3) is 11.0 Å². The lowest BCUT2D eigenvalue weighted by molar-refractivity contribution is -0.928. The average molecular weight is 513 g/mol. The standard InChI is InChI=1S/C25H25ClF3NO5/c1-12-7-16(8-13(2)20(12)26)34-23-21(32)17-5-6-19(31)18(22(17)35-24(23)25(27,28)29)11-30-9-14(3)33-15(4)10-30/h5-8,14-15,31H,9-11H2,1-4H3/p+1/t14-,15-/m1/s1. The number of phenols is 1. The minimum atomic E-state index is -5.02. The maximum atomic E-state index is 14.1. The Bertz CT molecular complexity index is 1300. The number of halogens is 4. The average Bonchev–Trinajstić information content (AvgIpc) is 2.74. The quantitative estimate of drug-likeness (QED) is 0.527. The molecule has 2 atom stereocenters. The first-order valence-corrected chi connectivity index (χ1v) is 11.6. The summed E-state index contributed by atoms with van der Waals surface area (Å²) in [5.41, 5.74) is 0.0153. The molecule has 2 N–H and O–H groups in total. The molecule has 1 aliphatic heterocycles. The van der Waals surface area contributed by atoms with Gasteiger partial charge in [-0.1, -0.05) is 11.6 Å². The molecule has 0 radical (unpaired) electrons. The number of nitrogens with one attached hydrogen (secondary N) is 1. The van der Waals surface area contributed by atoms with Crippen molar-refractivity contribution in [3.05, 3.63) is 62.0 Å². The number of aromatic hydroxyl groups is 1. The predicted molar refractivity (Wildman–Crippen MR) is 125 cm³/mol. The molecule has 1 aliphatic rings. The highest BCUT2D eigenvalue weighted by Crippen LogP contribution is 2.40. The van der Waals surface area contributed by atoms with Crippen molar-refractivity contribution < 1.29 is 37.1 Å². The van der Waals surface area contributed by atoms with Crippen molar-refractivity contribution in [2.24, 2.45) is 0 Å². The SMILES string of the molecule is Cc1cc(Oc2c(C(F)(F)F)oc3c(C[NH+]4C[C@@H](C)O[C@H](C)C4)c(O)ccc3c2=O)cc(C)c1Cl. The van der Waals surface area contributed by atoms with Gasteiger partial charge in [0, 0.05) is 5.02 Å². The van der Waals surface area contributed by atoms with E-state index in [9.17, 15) is 23.1 Å². The number of morpholine rings is 1. The van der Waals surface area contributed by atoms with Crippen molar-refractivity contribution in [2.75, 3.05) is 13.1 Å². The summed E-state index contributed by atoms with van der Waals surface area (Å²) in [6, 6.07) is 5.43. The van der Waals surface area contributed by atoms with Crippen LogP contribution in [0.1, 0.15) is 36.3 Å². The summed E-state index contributed by atoms with van der Waals surface area (Å²) < 4.78 is 58.7. The Morgan fingerprint density at radius 2 is 1.74 bits per heavy atom. The van der Waals surface area contributed by atoms with Crippen molar-refractivity contribution in [1.82, 2.24) is 0 Å². The summed E-state index contributed by atoms with van der Waals surface area (Å²) in [4.78, 5) is 14.3. The van der Waals surface area contributed by atoms with E-state index in [0.29, 0.717) is 29.2 Å². The summed E-state index contributed by atoms with van der Waals surface area (Å²) in [6.07, 6.45) is -5.14. The van der Waals surface area contributed by atoms with Gasteiger partial charge in [-0.05, 0) is 63.1 Å². The molecule has 0 bridgehead atoms. The molecule has 0 amide bonds. The van der Waals surface area contributed by atoms with Crippen LogP contribution in [-0.4, -0.2) is 30.4 Å². The molecular weight excluding hydrogens is 487 g/mol. The molecule has 4 rings (SSSR count). The Balaban J connectivity index is 1.86. The third-order valence-corrected chi connectivity index (χ3v) is 6.62. The fourth-order valence-corrected chi connectivity index (χ4v) is 4.71. The van der Waals surface area contributed by atoms with Crippen molar-refractivity contribution in [2.45, 2.75) is 52.6 Å². The Morgan fingerprint density at radius 3 is 2.31 bits per heavy atom. The zero-order valence-electron chi connectivity index (χ0n) is 19.7. The van der Waals surface area contributed by atoms with E-state index in [1.807, 2.05) is 13.8 Å². The highest BCUT2D eigenvalue weighted by Gasteiger charge is 2.41. The van der Waals surface area contributed by atoms with Crippen LogP contribution >= 0.6 is 11.6 Å². The topological polar surface area (TPSA) is 73.3 Å². The van der Waals surface area contributed by atoms with Gasteiger partial charge < -0.3 is 23.9 Å². The van der Waals surface area contributed by atoms with Gasteiger partial charge in [-0.3, -0.25) is 4.79 Å². The fraction of sp³-hybridized carbons (Fsp3) is 0.400. The number of hydrogen-bond donors (Lipinski definition) is 2. The number of ether oxygens (including phenoxy) is 2. The van der Waals surface area contributed by atoms with Crippen LogP contribution in [0.4, 0.5) is 13.2 Å².